The zero-order valence-corrected chi connectivity index (χ0v) is 11.3. The van der Waals surface area contributed by atoms with E-state index in [-0.39, 0.29) is 0 Å². The van der Waals surface area contributed by atoms with E-state index in [4.69, 9.17) is 9.84 Å². The first kappa shape index (κ1) is 13.3. The second-order valence-corrected chi connectivity index (χ2v) is 5.32. The Balaban J connectivity index is 2.23. The van der Waals surface area contributed by atoms with Crippen molar-refractivity contribution in [3.8, 4) is 5.75 Å². The zero-order valence-electron chi connectivity index (χ0n) is 9.73. The summed E-state index contributed by atoms with van der Waals surface area (Å²) in [6, 6.07) is 5.40. The van der Waals surface area contributed by atoms with Crippen LogP contribution in [0.2, 0.25) is 0 Å². The van der Waals surface area contributed by atoms with Crippen molar-refractivity contribution in [3.63, 3.8) is 0 Å². The molecule has 1 aliphatic carbocycles. The minimum absolute atomic E-state index is 0.395. The summed E-state index contributed by atoms with van der Waals surface area (Å²) < 4.78 is 18.8. The fraction of sp³-hybridized carbons (Fsp3) is 0.462. The molecule has 0 radical (unpaired) electrons. The van der Waals surface area contributed by atoms with Crippen molar-refractivity contribution in [2.24, 2.45) is 0 Å². The smallest absolute Gasteiger partial charge is 0.347 e. The van der Waals surface area contributed by atoms with Gasteiger partial charge in [-0.25, -0.2) is 9.18 Å². The topological polar surface area (TPSA) is 46.5 Å². The second-order valence-electron chi connectivity index (χ2n) is 4.41. The Kier molecular flexibility index (Phi) is 4.22. The monoisotopic (exact) mass is 316 g/mol. The van der Waals surface area contributed by atoms with Crippen LogP contribution in [0, 0.1) is 0 Å². The Morgan fingerprint density at radius 3 is 2.78 bits per heavy atom. The number of benzene rings is 1. The first-order valence-electron chi connectivity index (χ1n) is 5.86. The average Bonchev–Trinajstić information content (AvgIpc) is 2.25. The van der Waals surface area contributed by atoms with E-state index in [0.717, 1.165) is 22.9 Å². The largest absolute Gasteiger partial charge is 0.478 e. The maximum Gasteiger partial charge on any atom is 0.347 e. The molecule has 1 N–H and O–H groups in total. The SMILES string of the molecule is O=C(O)C(CF)Oc1ccc(Br)cc1C1CCC1. The lowest BCUT2D eigenvalue weighted by atomic mass is 9.80. The number of rotatable bonds is 5. The summed E-state index contributed by atoms with van der Waals surface area (Å²) in [5, 5.41) is 8.82. The fourth-order valence-corrected chi connectivity index (χ4v) is 2.34. The van der Waals surface area contributed by atoms with Gasteiger partial charge in [-0.2, -0.15) is 0 Å². The third-order valence-electron chi connectivity index (χ3n) is 3.20. The number of halogens is 2. The van der Waals surface area contributed by atoms with Crippen molar-refractivity contribution in [3.05, 3.63) is 28.2 Å². The first-order chi connectivity index (χ1) is 8.61. The molecular weight excluding hydrogens is 303 g/mol. The van der Waals surface area contributed by atoms with Crippen LogP contribution in [-0.2, 0) is 4.79 Å². The lowest BCUT2D eigenvalue weighted by Gasteiger charge is -2.28. The maximum absolute atomic E-state index is 12.6. The predicted octanol–water partition coefficient (Wildman–Crippen LogP) is 3.52. The number of ether oxygens (including phenoxy) is 1. The van der Waals surface area contributed by atoms with Gasteiger partial charge in [0.15, 0.2) is 0 Å². The first-order valence-corrected chi connectivity index (χ1v) is 6.66. The van der Waals surface area contributed by atoms with E-state index < -0.39 is 18.7 Å². The van der Waals surface area contributed by atoms with Gasteiger partial charge in [0.25, 0.3) is 0 Å². The number of carboxylic acids is 1. The highest BCUT2D eigenvalue weighted by Crippen LogP contribution is 2.42. The minimum Gasteiger partial charge on any atom is -0.478 e. The van der Waals surface area contributed by atoms with Gasteiger partial charge in [-0.1, -0.05) is 22.4 Å². The Labute approximate surface area is 113 Å². The Bertz CT molecular complexity index is 446. The van der Waals surface area contributed by atoms with Gasteiger partial charge in [0.1, 0.15) is 12.4 Å². The van der Waals surface area contributed by atoms with Crippen LogP contribution in [0.1, 0.15) is 30.7 Å². The van der Waals surface area contributed by atoms with Gasteiger partial charge in [0.2, 0.25) is 6.10 Å². The van der Waals surface area contributed by atoms with E-state index in [9.17, 15) is 9.18 Å². The van der Waals surface area contributed by atoms with Crippen LogP contribution < -0.4 is 4.74 Å². The van der Waals surface area contributed by atoms with Crippen LogP contribution in [0.15, 0.2) is 22.7 Å². The van der Waals surface area contributed by atoms with E-state index in [1.165, 1.54) is 6.42 Å². The van der Waals surface area contributed by atoms with Crippen molar-refractivity contribution in [2.45, 2.75) is 31.3 Å². The number of alkyl halides is 1. The molecule has 0 saturated heterocycles. The molecular formula is C13H14BrFO3. The number of carbonyl (C=O) groups is 1. The van der Waals surface area contributed by atoms with Gasteiger partial charge >= 0.3 is 5.97 Å². The molecule has 1 aromatic carbocycles. The molecule has 0 bridgehead atoms. The summed E-state index contributed by atoms with van der Waals surface area (Å²) in [6.45, 7) is -1.03. The van der Waals surface area contributed by atoms with E-state index in [0.29, 0.717) is 11.7 Å². The molecule has 2 rings (SSSR count). The maximum atomic E-state index is 12.6. The molecule has 0 heterocycles. The third-order valence-corrected chi connectivity index (χ3v) is 3.69. The molecule has 3 nitrogen and oxygen atoms in total. The molecule has 18 heavy (non-hydrogen) atoms. The molecule has 0 spiro atoms. The highest BCUT2D eigenvalue weighted by molar-refractivity contribution is 9.10. The third kappa shape index (κ3) is 2.83. The van der Waals surface area contributed by atoms with Gasteiger partial charge in [-0.05, 0) is 42.5 Å². The molecule has 1 saturated carbocycles. The molecule has 5 heteroatoms. The van der Waals surface area contributed by atoms with Gasteiger partial charge in [0, 0.05) is 4.47 Å². The number of aliphatic carboxylic acids is 1. The fourth-order valence-electron chi connectivity index (χ4n) is 1.97. The van der Waals surface area contributed by atoms with Gasteiger partial charge in [-0.3, -0.25) is 0 Å². The van der Waals surface area contributed by atoms with E-state index >= 15 is 0 Å². The summed E-state index contributed by atoms with van der Waals surface area (Å²) in [5.74, 6) is -0.403. The summed E-state index contributed by atoms with van der Waals surface area (Å²) in [6.07, 6.45) is 1.88. The highest BCUT2D eigenvalue weighted by Gasteiger charge is 2.26. The quantitative estimate of drug-likeness (QED) is 0.904. The molecule has 1 fully saturated rings. The van der Waals surface area contributed by atoms with Crippen LogP contribution in [0.5, 0.6) is 5.75 Å². The molecule has 0 aliphatic heterocycles. The average molecular weight is 317 g/mol. The van der Waals surface area contributed by atoms with Gasteiger partial charge < -0.3 is 9.84 Å². The number of hydrogen-bond donors (Lipinski definition) is 1. The molecule has 1 aliphatic rings. The molecule has 98 valence electrons. The van der Waals surface area contributed by atoms with Crippen LogP contribution >= 0.6 is 15.9 Å². The summed E-state index contributed by atoms with van der Waals surface area (Å²) in [7, 11) is 0. The van der Waals surface area contributed by atoms with Crippen molar-refractivity contribution in [2.75, 3.05) is 6.67 Å². The Hall–Kier alpha value is -1.10. The molecule has 0 amide bonds. The lowest BCUT2D eigenvalue weighted by Crippen LogP contribution is -2.29. The van der Waals surface area contributed by atoms with E-state index in [1.807, 2.05) is 6.07 Å². The lowest BCUT2D eigenvalue weighted by molar-refractivity contribution is -0.145. The molecule has 1 unspecified atom stereocenters. The Morgan fingerprint density at radius 1 is 1.56 bits per heavy atom. The summed E-state index contributed by atoms with van der Waals surface area (Å²) >= 11 is 3.38. The predicted molar refractivity (Wildman–Crippen MR) is 68.8 cm³/mol. The standard InChI is InChI=1S/C13H14BrFO3/c14-9-4-5-11(18-12(7-15)13(16)17)10(6-9)8-2-1-3-8/h4-6,8,12H,1-3,7H2,(H,16,17). The van der Waals surface area contributed by atoms with E-state index in [1.54, 1.807) is 12.1 Å². The van der Waals surface area contributed by atoms with E-state index in [2.05, 4.69) is 15.9 Å². The normalized spacial score (nSPS) is 17.0. The van der Waals surface area contributed by atoms with Crippen molar-refractivity contribution in [1.82, 2.24) is 0 Å². The zero-order chi connectivity index (χ0) is 13.1. The van der Waals surface area contributed by atoms with Crippen LogP contribution in [0.25, 0.3) is 0 Å². The molecule has 1 atom stereocenters. The van der Waals surface area contributed by atoms with Crippen LogP contribution in [0.3, 0.4) is 0 Å². The molecule has 0 aromatic heterocycles. The van der Waals surface area contributed by atoms with Crippen molar-refractivity contribution in [1.29, 1.82) is 0 Å². The van der Waals surface area contributed by atoms with Crippen LogP contribution in [-0.4, -0.2) is 23.9 Å². The minimum atomic E-state index is -1.43. The summed E-state index contributed by atoms with van der Waals surface area (Å²) in [4.78, 5) is 10.8. The number of hydrogen-bond acceptors (Lipinski definition) is 2. The van der Waals surface area contributed by atoms with Crippen LogP contribution in [0.4, 0.5) is 4.39 Å². The van der Waals surface area contributed by atoms with Crippen molar-refractivity contribution >= 4 is 21.9 Å². The Morgan fingerprint density at radius 2 is 2.28 bits per heavy atom. The summed E-state index contributed by atoms with van der Waals surface area (Å²) in [5.41, 5.74) is 0.968. The molecule has 1 aromatic rings. The van der Waals surface area contributed by atoms with Gasteiger partial charge in [0.05, 0.1) is 0 Å². The number of carboxylic acid groups (broad SMARTS) is 1. The highest BCUT2D eigenvalue weighted by atomic mass is 79.9. The van der Waals surface area contributed by atoms with Crippen molar-refractivity contribution < 1.29 is 19.0 Å². The second kappa shape index (κ2) is 5.69. The van der Waals surface area contributed by atoms with Gasteiger partial charge in [-0.15, -0.1) is 0 Å².